The lowest BCUT2D eigenvalue weighted by molar-refractivity contribution is 0.102. The van der Waals surface area contributed by atoms with E-state index < -0.39 is 11.2 Å². The summed E-state index contributed by atoms with van der Waals surface area (Å²) in [5.74, 6) is -0.354. The van der Waals surface area contributed by atoms with Gasteiger partial charge in [-0.2, -0.15) is 0 Å². The van der Waals surface area contributed by atoms with Gasteiger partial charge in [0.1, 0.15) is 5.65 Å². The van der Waals surface area contributed by atoms with Crippen LogP contribution in [-0.2, 0) is 0 Å². The number of rotatable bonds is 3. The number of aromatic nitrogens is 3. The van der Waals surface area contributed by atoms with E-state index in [0.29, 0.717) is 11.3 Å². The molecule has 1 saturated carbocycles. The van der Waals surface area contributed by atoms with Crippen molar-refractivity contribution in [3.63, 3.8) is 0 Å². The Bertz CT molecular complexity index is 1140. The highest BCUT2D eigenvalue weighted by Gasteiger charge is 2.27. The summed E-state index contributed by atoms with van der Waals surface area (Å²) in [6, 6.07) is 7.32. The summed E-state index contributed by atoms with van der Waals surface area (Å²) in [6.45, 7) is 3.91. The zero-order valence-corrected chi connectivity index (χ0v) is 14.5. The van der Waals surface area contributed by atoms with Crippen molar-refractivity contribution in [2.24, 2.45) is 0 Å². The maximum Gasteiger partial charge on any atom is 0.330 e. The number of hydrogen-bond donors (Lipinski definition) is 2. The van der Waals surface area contributed by atoms with Crippen LogP contribution in [0.2, 0.25) is 0 Å². The van der Waals surface area contributed by atoms with Crippen molar-refractivity contribution in [2.75, 3.05) is 5.32 Å². The molecule has 7 nitrogen and oxygen atoms in total. The molecule has 0 spiro atoms. The lowest BCUT2D eigenvalue weighted by atomic mass is 10.1. The molecule has 0 atom stereocenters. The Balaban J connectivity index is 1.74. The summed E-state index contributed by atoms with van der Waals surface area (Å²) in [5, 5.41) is 3.07. The number of pyridine rings is 1. The van der Waals surface area contributed by atoms with Gasteiger partial charge in [-0.3, -0.25) is 19.1 Å². The van der Waals surface area contributed by atoms with E-state index in [1.54, 1.807) is 0 Å². The SMILES string of the molecule is Cc1cc(C)cc(NC(=O)c2cnc3c(c2)c(=O)[nH]c(=O)n3C2CC2)c1. The normalized spacial score (nSPS) is 13.8. The summed E-state index contributed by atoms with van der Waals surface area (Å²) < 4.78 is 1.50. The molecule has 1 aliphatic carbocycles. The maximum absolute atomic E-state index is 12.6. The highest BCUT2D eigenvalue weighted by Crippen LogP contribution is 2.34. The quantitative estimate of drug-likeness (QED) is 0.757. The van der Waals surface area contributed by atoms with Gasteiger partial charge in [0.2, 0.25) is 0 Å². The first-order chi connectivity index (χ1) is 12.4. The van der Waals surface area contributed by atoms with E-state index in [-0.39, 0.29) is 22.9 Å². The fraction of sp³-hybridized carbons (Fsp3) is 0.263. The van der Waals surface area contributed by atoms with Crippen LogP contribution in [0.25, 0.3) is 11.0 Å². The van der Waals surface area contributed by atoms with Crippen LogP contribution in [0.4, 0.5) is 5.69 Å². The Morgan fingerprint density at radius 3 is 2.50 bits per heavy atom. The smallest absolute Gasteiger partial charge is 0.322 e. The monoisotopic (exact) mass is 350 g/mol. The highest BCUT2D eigenvalue weighted by atomic mass is 16.2. The van der Waals surface area contributed by atoms with Gasteiger partial charge in [0.15, 0.2) is 0 Å². The molecule has 1 fully saturated rings. The number of amides is 1. The molecule has 0 bridgehead atoms. The fourth-order valence-corrected chi connectivity index (χ4v) is 3.18. The number of anilines is 1. The molecule has 0 unspecified atom stereocenters. The van der Waals surface area contributed by atoms with Crippen LogP contribution in [0.5, 0.6) is 0 Å². The summed E-state index contributed by atoms with van der Waals surface area (Å²) in [6.07, 6.45) is 3.17. The number of aryl methyl sites for hydroxylation is 2. The molecular weight excluding hydrogens is 332 g/mol. The summed E-state index contributed by atoms with van der Waals surface area (Å²) >= 11 is 0. The second kappa shape index (κ2) is 5.94. The van der Waals surface area contributed by atoms with Gasteiger partial charge in [0.05, 0.1) is 10.9 Å². The van der Waals surface area contributed by atoms with Gasteiger partial charge in [-0.05, 0) is 56.0 Å². The third-order valence-corrected chi connectivity index (χ3v) is 4.43. The first-order valence-corrected chi connectivity index (χ1v) is 8.46. The first kappa shape index (κ1) is 16.3. The van der Waals surface area contributed by atoms with Gasteiger partial charge in [0.25, 0.3) is 11.5 Å². The van der Waals surface area contributed by atoms with Crippen molar-refractivity contribution < 1.29 is 4.79 Å². The van der Waals surface area contributed by atoms with E-state index in [4.69, 9.17) is 0 Å². The van der Waals surface area contributed by atoms with Crippen molar-refractivity contribution in [3.8, 4) is 0 Å². The van der Waals surface area contributed by atoms with Crippen molar-refractivity contribution in [2.45, 2.75) is 32.7 Å². The number of nitrogens with one attached hydrogen (secondary N) is 2. The molecule has 1 amide bonds. The Morgan fingerprint density at radius 1 is 1.15 bits per heavy atom. The Hall–Kier alpha value is -3.22. The number of H-pyrrole nitrogens is 1. The second-order valence-electron chi connectivity index (χ2n) is 6.79. The van der Waals surface area contributed by atoms with Crippen LogP contribution in [0.3, 0.4) is 0 Å². The average Bonchev–Trinajstić information content (AvgIpc) is 3.38. The zero-order valence-electron chi connectivity index (χ0n) is 14.5. The lowest BCUT2D eigenvalue weighted by Crippen LogP contribution is -2.30. The highest BCUT2D eigenvalue weighted by molar-refractivity contribution is 6.05. The molecule has 2 N–H and O–H groups in total. The predicted octanol–water partition coefficient (Wildman–Crippen LogP) is 2.29. The topological polar surface area (TPSA) is 96.8 Å². The van der Waals surface area contributed by atoms with Gasteiger partial charge in [-0.25, -0.2) is 9.78 Å². The number of fused-ring (bicyclic) bond motifs is 1. The van der Waals surface area contributed by atoms with Gasteiger partial charge in [-0.15, -0.1) is 0 Å². The van der Waals surface area contributed by atoms with E-state index in [1.807, 2.05) is 32.0 Å². The molecule has 0 radical (unpaired) electrons. The molecule has 2 aromatic heterocycles. The maximum atomic E-state index is 12.6. The van der Waals surface area contributed by atoms with Crippen LogP contribution >= 0.6 is 0 Å². The van der Waals surface area contributed by atoms with Gasteiger partial charge >= 0.3 is 5.69 Å². The van der Waals surface area contributed by atoms with Gasteiger partial charge in [-0.1, -0.05) is 6.07 Å². The summed E-state index contributed by atoms with van der Waals surface area (Å²) in [4.78, 5) is 43.3. The molecule has 26 heavy (non-hydrogen) atoms. The Morgan fingerprint density at radius 2 is 1.85 bits per heavy atom. The molecule has 2 heterocycles. The zero-order chi connectivity index (χ0) is 18.4. The Kier molecular flexibility index (Phi) is 3.72. The summed E-state index contributed by atoms with van der Waals surface area (Å²) in [7, 11) is 0. The van der Waals surface area contributed by atoms with E-state index in [9.17, 15) is 14.4 Å². The minimum absolute atomic E-state index is 0.0734. The largest absolute Gasteiger partial charge is 0.330 e. The predicted molar refractivity (Wildman–Crippen MR) is 98.8 cm³/mol. The van der Waals surface area contributed by atoms with Gasteiger partial charge in [0, 0.05) is 17.9 Å². The molecule has 4 rings (SSSR count). The average molecular weight is 350 g/mol. The van der Waals surface area contributed by atoms with Crippen LogP contribution in [-0.4, -0.2) is 20.4 Å². The third-order valence-electron chi connectivity index (χ3n) is 4.43. The molecular formula is C19H18N4O3. The molecule has 3 aromatic rings. The minimum atomic E-state index is -0.532. The number of carbonyl (C=O) groups excluding carboxylic acids is 1. The van der Waals surface area contributed by atoms with Crippen LogP contribution in [0, 0.1) is 13.8 Å². The van der Waals surface area contributed by atoms with Crippen LogP contribution < -0.4 is 16.6 Å². The van der Waals surface area contributed by atoms with E-state index >= 15 is 0 Å². The minimum Gasteiger partial charge on any atom is -0.322 e. The molecule has 1 aromatic carbocycles. The molecule has 7 heteroatoms. The van der Waals surface area contributed by atoms with Gasteiger partial charge < -0.3 is 5.32 Å². The standard InChI is InChI=1S/C19H18N4O3/c1-10-5-11(2)7-13(6-10)21-17(24)12-8-15-16(20-9-12)23(14-3-4-14)19(26)22-18(15)25/h5-9,14H,3-4H2,1-2H3,(H,21,24)(H,22,25,26). The molecule has 0 saturated heterocycles. The van der Waals surface area contributed by atoms with Crippen LogP contribution in [0.1, 0.15) is 40.4 Å². The van der Waals surface area contributed by atoms with E-state index in [1.165, 1.54) is 16.8 Å². The van der Waals surface area contributed by atoms with Crippen molar-refractivity contribution in [1.82, 2.24) is 14.5 Å². The molecule has 132 valence electrons. The number of carbonyl (C=O) groups is 1. The number of benzene rings is 1. The lowest BCUT2D eigenvalue weighted by Gasteiger charge is -2.10. The summed E-state index contributed by atoms with van der Waals surface area (Å²) in [5.41, 5.74) is 2.38. The van der Waals surface area contributed by atoms with Crippen molar-refractivity contribution in [1.29, 1.82) is 0 Å². The second-order valence-corrected chi connectivity index (χ2v) is 6.79. The van der Waals surface area contributed by atoms with Crippen molar-refractivity contribution in [3.05, 3.63) is 68.0 Å². The Labute approximate surface area is 148 Å². The van der Waals surface area contributed by atoms with Crippen molar-refractivity contribution >= 4 is 22.6 Å². The number of aromatic amines is 1. The molecule has 1 aliphatic rings. The number of hydrogen-bond acceptors (Lipinski definition) is 4. The third kappa shape index (κ3) is 2.92. The molecule has 0 aliphatic heterocycles. The fourth-order valence-electron chi connectivity index (χ4n) is 3.18. The van der Waals surface area contributed by atoms with Crippen LogP contribution in [0.15, 0.2) is 40.1 Å². The first-order valence-electron chi connectivity index (χ1n) is 8.46. The van der Waals surface area contributed by atoms with E-state index in [2.05, 4.69) is 15.3 Å². The number of nitrogens with zero attached hydrogens (tertiary/aromatic N) is 2. The van der Waals surface area contributed by atoms with E-state index in [0.717, 1.165) is 24.0 Å².